The first-order valence-electron chi connectivity index (χ1n) is 11.6. The molecule has 0 bridgehead atoms. The highest BCUT2D eigenvalue weighted by Gasteiger charge is 2.30. The third kappa shape index (κ3) is 3.83. The Kier molecular flexibility index (Phi) is 5.35. The molecule has 1 aliphatic heterocycles. The average molecular weight is 478 g/mol. The molecule has 1 aliphatic rings. The van der Waals surface area contributed by atoms with Crippen LogP contribution in [0.25, 0.3) is 16.7 Å². The van der Waals surface area contributed by atoms with E-state index in [1.54, 1.807) is 18.2 Å². The van der Waals surface area contributed by atoms with Gasteiger partial charge in [0.25, 0.3) is 5.91 Å². The average Bonchev–Trinajstić information content (AvgIpc) is 3.44. The van der Waals surface area contributed by atoms with Crippen molar-refractivity contribution in [2.24, 2.45) is 0 Å². The Hall–Kier alpha value is -4.69. The molecule has 0 saturated heterocycles. The van der Waals surface area contributed by atoms with Gasteiger partial charge in [0.2, 0.25) is 0 Å². The van der Waals surface area contributed by atoms with E-state index in [1.165, 1.54) is 6.33 Å². The summed E-state index contributed by atoms with van der Waals surface area (Å²) in [6, 6.07) is 24.1. The second-order valence-corrected chi connectivity index (χ2v) is 8.55. The summed E-state index contributed by atoms with van der Waals surface area (Å²) in [7, 11) is 0. The van der Waals surface area contributed by atoms with Crippen molar-refractivity contribution in [3.05, 3.63) is 102 Å². The largest absolute Gasteiger partial charge is 0.457 e. The summed E-state index contributed by atoms with van der Waals surface area (Å²) in [6.45, 7) is 2.49. The number of fused-ring (bicyclic) bond motifs is 3. The van der Waals surface area contributed by atoms with Crippen LogP contribution in [0.3, 0.4) is 0 Å². The number of nitrogens with one attached hydrogen (secondary N) is 1. The quantitative estimate of drug-likeness (QED) is 0.340. The second-order valence-electron chi connectivity index (χ2n) is 8.55. The van der Waals surface area contributed by atoms with Gasteiger partial charge >= 0.3 is 0 Å². The van der Waals surface area contributed by atoms with E-state index >= 15 is 0 Å². The smallest absolute Gasteiger partial charge is 0.255 e. The fourth-order valence-corrected chi connectivity index (χ4v) is 4.57. The topological polar surface area (TPSA) is 104 Å². The highest BCUT2D eigenvalue weighted by atomic mass is 16.5. The molecule has 1 unspecified atom stereocenters. The molecule has 36 heavy (non-hydrogen) atoms. The number of hydrogen-bond acceptors (Lipinski definition) is 6. The minimum atomic E-state index is -0.176. The molecule has 178 valence electrons. The minimum Gasteiger partial charge on any atom is -0.457 e. The molecule has 1 atom stereocenters. The molecule has 0 saturated carbocycles. The van der Waals surface area contributed by atoms with Gasteiger partial charge in [-0.2, -0.15) is 0 Å². The van der Waals surface area contributed by atoms with Gasteiger partial charge in [-0.15, -0.1) is 0 Å². The van der Waals surface area contributed by atoms with Gasteiger partial charge in [-0.05, 0) is 55.5 Å². The summed E-state index contributed by atoms with van der Waals surface area (Å²) in [5.74, 6) is 1.52. The fourth-order valence-electron chi connectivity index (χ4n) is 4.57. The zero-order chi connectivity index (χ0) is 24.6. The lowest BCUT2D eigenvalue weighted by Gasteiger charge is -2.12. The van der Waals surface area contributed by atoms with E-state index in [4.69, 9.17) is 15.2 Å². The molecule has 0 fully saturated rings. The predicted molar refractivity (Wildman–Crippen MR) is 137 cm³/mol. The zero-order valence-electron chi connectivity index (χ0n) is 19.5. The standard InChI is InChI=1S/C28H23N5O3/c1-17-24-23(15-35-17)33(26-25(24)30-16-31-27(26)29)20-10-12-21(13-11-20)36-22-9-5-8-19(14-22)32-28(34)18-6-3-2-4-7-18/h2-14,16-17H,15H2,1H3,(H,32,34)(H2,29,30,31). The second kappa shape index (κ2) is 8.83. The molecule has 8 heteroatoms. The van der Waals surface area contributed by atoms with Gasteiger partial charge in [-0.25, -0.2) is 9.97 Å². The number of carbonyl (C=O) groups is 1. The van der Waals surface area contributed by atoms with Crippen molar-refractivity contribution in [3.63, 3.8) is 0 Å². The van der Waals surface area contributed by atoms with Crippen LogP contribution in [0.5, 0.6) is 11.5 Å². The predicted octanol–water partition coefficient (Wildman–Crippen LogP) is 5.64. The number of anilines is 2. The van der Waals surface area contributed by atoms with Crippen molar-refractivity contribution in [3.8, 4) is 17.2 Å². The Labute approximate surface area is 207 Å². The summed E-state index contributed by atoms with van der Waals surface area (Å²) < 4.78 is 14.0. The summed E-state index contributed by atoms with van der Waals surface area (Å²) in [4.78, 5) is 21.2. The lowest BCUT2D eigenvalue weighted by molar-refractivity contribution is 0.0783. The molecule has 0 radical (unpaired) electrons. The van der Waals surface area contributed by atoms with Crippen LogP contribution >= 0.6 is 0 Å². The molecule has 8 nitrogen and oxygen atoms in total. The molecule has 6 rings (SSSR count). The molecule has 1 amide bonds. The number of nitrogens with two attached hydrogens (primary N) is 1. The van der Waals surface area contributed by atoms with Gasteiger partial charge in [-0.3, -0.25) is 4.79 Å². The van der Waals surface area contributed by atoms with Crippen LogP contribution in [0.15, 0.2) is 85.2 Å². The maximum Gasteiger partial charge on any atom is 0.255 e. The van der Waals surface area contributed by atoms with Crippen molar-refractivity contribution >= 4 is 28.4 Å². The summed E-state index contributed by atoms with van der Waals surface area (Å²) in [5.41, 5.74) is 12.1. The van der Waals surface area contributed by atoms with Crippen LogP contribution in [-0.2, 0) is 11.3 Å². The zero-order valence-corrected chi connectivity index (χ0v) is 19.5. The van der Waals surface area contributed by atoms with Crippen LogP contribution in [-0.4, -0.2) is 20.4 Å². The van der Waals surface area contributed by atoms with Crippen LogP contribution < -0.4 is 15.8 Å². The van der Waals surface area contributed by atoms with Crippen molar-refractivity contribution in [2.45, 2.75) is 19.6 Å². The van der Waals surface area contributed by atoms with Gasteiger partial charge < -0.3 is 25.1 Å². The lowest BCUT2D eigenvalue weighted by atomic mass is 10.1. The first-order valence-corrected chi connectivity index (χ1v) is 11.6. The van der Waals surface area contributed by atoms with Crippen LogP contribution in [0.4, 0.5) is 11.5 Å². The van der Waals surface area contributed by atoms with Gasteiger partial charge in [0.15, 0.2) is 5.82 Å². The lowest BCUT2D eigenvalue weighted by Crippen LogP contribution is -2.11. The third-order valence-corrected chi connectivity index (χ3v) is 6.25. The maximum absolute atomic E-state index is 12.5. The van der Waals surface area contributed by atoms with Crippen molar-refractivity contribution in [1.82, 2.24) is 14.5 Å². The summed E-state index contributed by atoms with van der Waals surface area (Å²) in [6.07, 6.45) is 1.43. The molecule has 3 N–H and O–H groups in total. The molecule has 5 aromatic rings. The Bertz CT molecular complexity index is 1580. The number of amides is 1. The van der Waals surface area contributed by atoms with E-state index in [-0.39, 0.29) is 12.0 Å². The highest BCUT2D eigenvalue weighted by molar-refractivity contribution is 6.04. The third-order valence-electron chi connectivity index (χ3n) is 6.25. The minimum absolute atomic E-state index is 0.0599. The number of benzene rings is 3. The maximum atomic E-state index is 12.5. The fraction of sp³-hybridized carbons (Fsp3) is 0.107. The van der Waals surface area contributed by atoms with E-state index in [0.717, 1.165) is 28.0 Å². The molecule has 3 heterocycles. The molecule has 2 aromatic heterocycles. The van der Waals surface area contributed by atoms with Crippen molar-refractivity contribution < 1.29 is 14.3 Å². The molecule has 0 aliphatic carbocycles. The summed E-state index contributed by atoms with van der Waals surface area (Å²) >= 11 is 0. The van der Waals surface area contributed by atoms with Crippen LogP contribution in [0.2, 0.25) is 0 Å². The Morgan fingerprint density at radius 2 is 1.83 bits per heavy atom. The monoisotopic (exact) mass is 477 g/mol. The molecular weight excluding hydrogens is 454 g/mol. The number of nitrogen functional groups attached to an aromatic ring is 1. The number of aromatic nitrogens is 3. The SMILES string of the molecule is CC1OCc2c1c1ncnc(N)c1n2-c1ccc(Oc2cccc(NC(=O)c3ccccc3)c2)cc1. The Morgan fingerprint density at radius 3 is 2.64 bits per heavy atom. The van der Waals surface area contributed by atoms with E-state index in [1.807, 2.05) is 67.6 Å². The number of rotatable bonds is 5. The Morgan fingerprint density at radius 1 is 1.03 bits per heavy atom. The number of nitrogens with zero attached hydrogens (tertiary/aromatic N) is 3. The highest BCUT2D eigenvalue weighted by Crippen LogP contribution is 2.40. The number of hydrogen-bond donors (Lipinski definition) is 2. The van der Waals surface area contributed by atoms with Gasteiger partial charge in [0.05, 0.1) is 18.4 Å². The first kappa shape index (κ1) is 21.8. The number of ether oxygens (including phenoxy) is 2. The first-order chi connectivity index (χ1) is 17.6. The van der Waals surface area contributed by atoms with Gasteiger partial charge in [0.1, 0.15) is 28.9 Å². The van der Waals surface area contributed by atoms with E-state index in [2.05, 4.69) is 19.9 Å². The summed E-state index contributed by atoms with van der Waals surface area (Å²) in [5, 5.41) is 2.90. The van der Waals surface area contributed by atoms with Gasteiger partial charge in [0, 0.05) is 28.6 Å². The molecule has 0 spiro atoms. The van der Waals surface area contributed by atoms with E-state index in [0.29, 0.717) is 35.2 Å². The van der Waals surface area contributed by atoms with Gasteiger partial charge in [-0.1, -0.05) is 24.3 Å². The molecular formula is C28H23N5O3. The van der Waals surface area contributed by atoms with Crippen LogP contribution in [0, 0.1) is 0 Å². The van der Waals surface area contributed by atoms with Crippen LogP contribution in [0.1, 0.15) is 34.6 Å². The normalized spacial score (nSPS) is 14.5. The van der Waals surface area contributed by atoms with E-state index in [9.17, 15) is 4.79 Å². The van der Waals surface area contributed by atoms with Crippen molar-refractivity contribution in [2.75, 3.05) is 11.1 Å². The van der Waals surface area contributed by atoms with E-state index < -0.39 is 0 Å². The Balaban J connectivity index is 1.26. The number of carbonyl (C=O) groups excluding carboxylic acids is 1. The van der Waals surface area contributed by atoms with Crippen molar-refractivity contribution in [1.29, 1.82) is 0 Å². The molecule has 3 aromatic carbocycles.